The Bertz CT molecular complexity index is 739. The van der Waals surface area contributed by atoms with Crippen LogP contribution in [0.2, 0.25) is 0 Å². The summed E-state index contributed by atoms with van der Waals surface area (Å²) in [6.07, 6.45) is 4.60. The topological polar surface area (TPSA) is 71.1 Å². The van der Waals surface area contributed by atoms with Gasteiger partial charge in [0.2, 0.25) is 11.8 Å². The van der Waals surface area contributed by atoms with Gasteiger partial charge in [-0.05, 0) is 42.5 Å². The number of amides is 2. The van der Waals surface area contributed by atoms with E-state index in [1.54, 1.807) is 12.4 Å². The van der Waals surface area contributed by atoms with E-state index in [1.807, 2.05) is 43.3 Å². The van der Waals surface area contributed by atoms with Crippen molar-refractivity contribution < 1.29 is 9.59 Å². The zero-order valence-corrected chi connectivity index (χ0v) is 13.7. The van der Waals surface area contributed by atoms with E-state index in [-0.39, 0.29) is 11.8 Å². The number of nitrogens with zero attached hydrogens (tertiary/aromatic N) is 1. The molecule has 2 amide bonds. The van der Waals surface area contributed by atoms with Gasteiger partial charge in [-0.1, -0.05) is 30.3 Å². The number of hydrogen-bond donors (Lipinski definition) is 2. The molecular weight excluding hydrogens is 302 g/mol. The maximum absolute atomic E-state index is 12.5. The maximum atomic E-state index is 12.5. The minimum atomic E-state index is -0.898. The molecule has 0 saturated heterocycles. The van der Waals surface area contributed by atoms with Crippen molar-refractivity contribution in [3.8, 4) is 0 Å². The molecule has 2 aromatic rings. The van der Waals surface area contributed by atoms with E-state index in [9.17, 15) is 9.59 Å². The van der Waals surface area contributed by atoms with Gasteiger partial charge in [-0.25, -0.2) is 0 Å². The minimum Gasteiger partial charge on any atom is -0.351 e. The van der Waals surface area contributed by atoms with Crippen molar-refractivity contribution in [3.05, 3.63) is 65.5 Å². The van der Waals surface area contributed by atoms with Gasteiger partial charge in [0.05, 0.1) is 0 Å². The fraction of sp³-hybridized carbons (Fsp3) is 0.316. The molecular formula is C19H21N3O2. The first kappa shape index (κ1) is 16.2. The summed E-state index contributed by atoms with van der Waals surface area (Å²) < 4.78 is 0. The number of carbonyl (C=O) groups excluding carboxylic acids is 2. The van der Waals surface area contributed by atoms with Gasteiger partial charge in [-0.3, -0.25) is 14.6 Å². The van der Waals surface area contributed by atoms with Crippen LogP contribution in [0.15, 0.2) is 48.8 Å². The molecule has 0 aliphatic heterocycles. The van der Waals surface area contributed by atoms with E-state index >= 15 is 0 Å². The van der Waals surface area contributed by atoms with Crippen LogP contribution in [0.3, 0.4) is 0 Å². The normalized spacial score (nSPS) is 14.7. The average molecular weight is 323 g/mol. The first-order valence-electron chi connectivity index (χ1n) is 8.12. The average Bonchev–Trinajstić information content (AvgIpc) is 3.41. The first-order chi connectivity index (χ1) is 11.6. The Morgan fingerprint density at radius 3 is 2.38 bits per heavy atom. The molecule has 1 aromatic carbocycles. The molecule has 24 heavy (non-hydrogen) atoms. The molecule has 0 atom stereocenters. The molecule has 1 aliphatic rings. The van der Waals surface area contributed by atoms with E-state index in [0.29, 0.717) is 25.9 Å². The van der Waals surface area contributed by atoms with Crippen LogP contribution >= 0.6 is 0 Å². The first-order valence-corrected chi connectivity index (χ1v) is 8.12. The molecule has 1 aliphatic carbocycles. The number of aromatic nitrogens is 1. The second kappa shape index (κ2) is 6.83. The zero-order valence-electron chi connectivity index (χ0n) is 13.7. The summed E-state index contributed by atoms with van der Waals surface area (Å²) in [6.45, 7) is 2.84. The third-order valence-electron chi connectivity index (χ3n) is 4.50. The standard InChI is InChI=1S/C19H21N3O2/c1-14-5-2-3-7-16(14)13-22-18(24)19(8-9-19)17(23)21-12-15-6-4-10-20-11-15/h2-7,10-11H,8-9,12-13H2,1H3,(H,21,23)(H,22,24). The highest BCUT2D eigenvalue weighted by Crippen LogP contribution is 2.46. The molecule has 5 nitrogen and oxygen atoms in total. The Morgan fingerprint density at radius 2 is 1.75 bits per heavy atom. The van der Waals surface area contributed by atoms with Crippen LogP contribution in [0.5, 0.6) is 0 Å². The predicted octanol–water partition coefficient (Wildman–Crippen LogP) is 2.10. The van der Waals surface area contributed by atoms with Crippen LogP contribution in [0, 0.1) is 12.3 Å². The molecule has 124 valence electrons. The number of pyridine rings is 1. The van der Waals surface area contributed by atoms with Crippen LogP contribution in [0.4, 0.5) is 0 Å². The number of hydrogen-bond acceptors (Lipinski definition) is 3. The molecule has 1 heterocycles. The van der Waals surface area contributed by atoms with Gasteiger partial charge in [-0.15, -0.1) is 0 Å². The summed E-state index contributed by atoms with van der Waals surface area (Å²) >= 11 is 0. The lowest BCUT2D eigenvalue weighted by molar-refractivity contribution is -0.137. The second-order valence-electron chi connectivity index (χ2n) is 6.24. The summed E-state index contributed by atoms with van der Waals surface area (Å²) in [6, 6.07) is 11.6. The van der Waals surface area contributed by atoms with Crippen LogP contribution < -0.4 is 10.6 Å². The molecule has 0 unspecified atom stereocenters. The van der Waals surface area contributed by atoms with Crippen molar-refractivity contribution in [2.75, 3.05) is 0 Å². The lowest BCUT2D eigenvalue weighted by atomic mass is 10.0. The third kappa shape index (κ3) is 3.45. The molecule has 2 N–H and O–H groups in total. The van der Waals surface area contributed by atoms with Gasteiger partial charge < -0.3 is 10.6 Å². The van der Waals surface area contributed by atoms with Gasteiger partial charge in [0.15, 0.2) is 0 Å². The molecule has 1 saturated carbocycles. The van der Waals surface area contributed by atoms with Gasteiger partial charge >= 0.3 is 0 Å². The van der Waals surface area contributed by atoms with Gasteiger partial charge in [0.25, 0.3) is 0 Å². The van der Waals surface area contributed by atoms with Crippen LogP contribution in [0.25, 0.3) is 0 Å². The van der Waals surface area contributed by atoms with Crippen LogP contribution in [0.1, 0.15) is 29.5 Å². The summed E-state index contributed by atoms with van der Waals surface area (Å²) in [5.41, 5.74) is 2.22. The molecule has 0 radical (unpaired) electrons. The summed E-state index contributed by atoms with van der Waals surface area (Å²) in [7, 11) is 0. The van der Waals surface area contributed by atoms with E-state index in [2.05, 4.69) is 15.6 Å². The van der Waals surface area contributed by atoms with Crippen molar-refractivity contribution in [1.82, 2.24) is 15.6 Å². The van der Waals surface area contributed by atoms with E-state index in [0.717, 1.165) is 16.7 Å². The highest BCUT2D eigenvalue weighted by molar-refractivity contribution is 6.07. The largest absolute Gasteiger partial charge is 0.351 e. The molecule has 3 rings (SSSR count). The zero-order chi connectivity index (χ0) is 17.0. The number of rotatable bonds is 6. The Morgan fingerprint density at radius 1 is 1.04 bits per heavy atom. The number of nitrogens with one attached hydrogen (secondary N) is 2. The van der Waals surface area contributed by atoms with Crippen molar-refractivity contribution in [3.63, 3.8) is 0 Å². The molecule has 0 spiro atoms. The van der Waals surface area contributed by atoms with Crippen molar-refractivity contribution in [2.45, 2.75) is 32.9 Å². The molecule has 5 heteroatoms. The maximum Gasteiger partial charge on any atom is 0.235 e. The third-order valence-corrected chi connectivity index (χ3v) is 4.50. The van der Waals surface area contributed by atoms with Crippen molar-refractivity contribution in [1.29, 1.82) is 0 Å². The van der Waals surface area contributed by atoms with Gasteiger partial charge in [-0.2, -0.15) is 0 Å². The number of benzene rings is 1. The lowest BCUT2D eigenvalue weighted by Crippen LogP contribution is -2.42. The highest BCUT2D eigenvalue weighted by atomic mass is 16.2. The summed E-state index contributed by atoms with van der Waals surface area (Å²) in [4.78, 5) is 28.9. The monoisotopic (exact) mass is 323 g/mol. The van der Waals surface area contributed by atoms with Crippen LogP contribution in [-0.4, -0.2) is 16.8 Å². The summed E-state index contributed by atoms with van der Waals surface area (Å²) in [5, 5.41) is 5.76. The number of aryl methyl sites for hydroxylation is 1. The lowest BCUT2D eigenvalue weighted by Gasteiger charge is -2.16. The van der Waals surface area contributed by atoms with Crippen molar-refractivity contribution >= 4 is 11.8 Å². The van der Waals surface area contributed by atoms with E-state index in [1.165, 1.54) is 0 Å². The Balaban J connectivity index is 1.56. The quantitative estimate of drug-likeness (QED) is 0.800. The second-order valence-corrected chi connectivity index (χ2v) is 6.24. The van der Waals surface area contributed by atoms with E-state index < -0.39 is 5.41 Å². The Kier molecular flexibility index (Phi) is 4.60. The Labute approximate surface area is 141 Å². The fourth-order valence-corrected chi connectivity index (χ4v) is 2.69. The predicted molar refractivity (Wildman–Crippen MR) is 90.8 cm³/mol. The smallest absolute Gasteiger partial charge is 0.235 e. The Hall–Kier alpha value is -2.69. The van der Waals surface area contributed by atoms with Crippen LogP contribution in [-0.2, 0) is 22.7 Å². The highest BCUT2D eigenvalue weighted by Gasteiger charge is 2.56. The SMILES string of the molecule is Cc1ccccc1CNC(=O)C1(C(=O)NCc2cccnc2)CC1. The molecule has 0 bridgehead atoms. The van der Waals surface area contributed by atoms with Gasteiger partial charge in [0, 0.05) is 25.5 Å². The summed E-state index contributed by atoms with van der Waals surface area (Å²) in [5.74, 6) is -0.386. The fourth-order valence-electron chi connectivity index (χ4n) is 2.69. The molecule has 1 fully saturated rings. The van der Waals surface area contributed by atoms with Gasteiger partial charge in [0.1, 0.15) is 5.41 Å². The minimum absolute atomic E-state index is 0.186. The van der Waals surface area contributed by atoms with Crippen molar-refractivity contribution in [2.24, 2.45) is 5.41 Å². The van der Waals surface area contributed by atoms with E-state index in [4.69, 9.17) is 0 Å². The number of carbonyl (C=O) groups is 2. The molecule has 1 aromatic heterocycles.